The van der Waals surface area contributed by atoms with E-state index in [-0.39, 0.29) is 22.3 Å². The number of nitrogens with zero attached hydrogens (tertiary/aromatic N) is 1. The molecule has 0 radical (unpaired) electrons. The SMILES string of the molecule is CC1=C(N/C(=C/C(=O)C2=CCC(F)=C(Cl)N=C2Cl)Nc2ccccc2)C=CCC=C1. The molecule has 0 atom stereocenters. The molecule has 1 aromatic carbocycles. The standard InChI is InChI=1S/C23H20Cl2FN3O/c1-15-8-4-2-7-11-19(15)28-21(27-16-9-5-3-6-10-16)14-20(30)17-12-13-18(26)23(25)29-22(17)24/h3-12,14,27-28H,2,13H2,1H3/b21-14+. The molecule has 2 N–H and O–H groups in total. The molecule has 0 bridgehead atoms. The molecule has 1 aromatic rings. The fourth-order valence-electron chi connectivity index (χ4n) is 2.77. The highest BCUT2D eigenvalue weighted by Gasteiger charge is 2.19. The summed E-state index contributed by atoms with van der Waals surface area (Å²) in [6.07, 6.45) is 11.5. The molecule has 1 heterocycles. The van der Waals surface area contributed by atoms with E-state index in [9.17, 15) is 9.18 Å². The van der Waals surface area contributed by atoms with Crippen molar-refractivity contribution < 1.29 is 9.18 Å². The number of benzene rings is 1. The maximum absolute atomic E-state index is 13.8. The van der Waals surface area contributed by atoms with E-state index in [0.717, 1.165) is 23.4 Å². The van der Waals surface area contributed by atoms with Crippen LogP contribution in [0.3, 0.4) is 0 Å². The van der Waals surface area contributed by atoms with Gasteiger partial charge in [0, 0.05) is 23.9 Å². The van der Waals surface area contributed by atoms with Crippen molar-refractivity contribution in [2.45, 2.75) is 19.8 Å². The Bertz CT molecular complexity index is 1050. The third-order valence-electron chi connectivity index (χ3n) is 4.34. The van der Waals surface area contributed by atoms with Crippen LogP contribution in [0.4, 0.5) is 10.1 Å². The van der Waals surface area contributed by atoms with Crippen molar-refractivity contribution in [2.75, 3.05) is 5.32 Å². The largest absolute Gasteiger partial charge is 0.342 e. The highest BCUT2D eigenvalue weighted by atomic mass is 35.5. The minimum Gasteiger partial charge on any atom is -0.342 e. The summed E-state index contributed by atoms with van der Waals surface area (Å²) in [4.78, 5) is 16.7. The van der Waals surface area contributed by atoms with E-state index in [1.165, 1.54) is 12.2 Å². The number of anilines is 1. The van der Waals surface area contributed by atoms with E-state index in [1.807, 2.05) is 55.5 Å². The average Bonchev–Trinajstić information content (AvgIpc) is 2.99. The third-order valence-corrected chi connectivity index (χ3v) is 4.92. The van der Waals surface area contributed by atoms with Crippen molar-refractivity contribution in [3.8, 4) is 0 Å². The fourth-order valence-corrected chi connectivity index (χ4v) is 3.23. The van der Waals surface area contributed by atoms with Crippen LogP contribution in [0.25, 0.3) is 0 Å². The van der Waals surface area contributed by atoms with Crippen molar-refractivity contribution in [1.29, 1.82) is 0 Å². The van der Waals surface area contributed by atoms with Gasteiger partial charge < -0.3 is 10.6 Å². The third kappa shape index (κ3) is 5.81. The quantitative estimate of drug-likeness (QED) is 0.404. The Morgan fingerprint density at radius 1 is 1.13 bits per heavy atom. The molecule has 1 aliphatic heterocycles. The van der Waals surface area contributed by atoms with Crippen molar-refractivity contribution in [1.82, 2.24) is 5.32 Å². The topological polar surface area (TPSA) is 53.5 Å². The van der Waals surface area contributed by atoms with E-state index in [4.69, 9.17) is 23.2 Å². The van der Waals surface area contributed by atoms with Crippen LogP contribution >= 0.6 is 23.2 Å². The molecule has 0 spiro atoms. The lowest BCUT2D eigenvalue weighted by Crippen LogP contribution is -2.21. The Kier molecular flexibility index (Phi) is 7.44. The van der Waals surface area contributed by atoms with Crippen molar-refractivity contribution in [3.05, 3.63) is 100 Å². The summed E-state index contributed by atoms with van der Waals surface area (Å²) in [7, 11) is 0. The highest BCUT2D eigenvalue weighted by Crippen LogP contribution is 2.24. The van der Waals surface area contributed by atoms with Crippen LogP contribution in [-0.4, -0.2) is 11.0 Å². The van der Waals surface area contributed by atoms with Crippen LogP contribution in [0.1, 0.15) is 19.8 Å². The lowest BCUT2D eigenvalue weighted by Gasteiger charge is -2.16. The van der Waals surface area contributed by atoms with Crippen LogP contribution in [0, 0.1) is 0 Å². The summed E-state index contributed by atoms with van der Waals surface area (Å²) in [5, 5.41) is 5.96. The van der Waals surface area contributed by atoms with Crippen LogP contribution in [-0.2, 0) is 4.79 Å². The predicted octanol–water partition coefficient (Wildman–Crippen LogP) is 6.23. The summed E-state index contributed by atoms with van der Waals surface area (Å²) in [6.45, 7) is 1.98. The molecule has 0 saturated heterocycles. The highest BCUT2D eigenvalue weighted by molar-refractivity contribution is 6.73. The first-order valence-corrected chi connectivity index (χ1v) is 10.1. The van der Waals surface area contributed by atoms with Gasteiger partial charge in [-0.05, 0) is 37.1 Å². The van der Waals surface area contributed by atoms with Gasteiger partial charge in [-0.2, -0.15) is 0 Å². The first kappa shape index (κ1) is 21.8. The van der Waals surface area contributed by atoms with Crippen LogP contribution < -0.4 is 10.6 Å². The van der Waals surface area contributed by atoms with Gasteiger partial charge >= 0.3 is 0 Å². The second kappa shape index (κ2) is 10.2. The summed E-state index contributed by atoms with van der Waals surface area (Å²) in [5.41, 5.74) is 2.74. The molecule has 0 aromatic heterocycles. The monoisotopic (exact) mass is 443 g/mol. The Balaban J connectivity index is 1.93. The lowest BCUT2D eigenvalue weighted by molar-refractivity contribution is -0.110. The Hall–Kier alpha value is -2.89. The van der Waals surface area contributed by atoms with E-state index in [1.54, 1.807) is 0 Å². The average molecular weight is 444 g/mol. The van der Waals surface area contributed by atoms with Crippen molar-refractivity contribution in [3.63, 3.8) is 0 Å². The molecule has 2 aliphatic rings. The Labute approximate surface area is 184 Å². The molecule has 1 aliphatic carbocycles. The second-order valence-electron chi connectivity index (χ2n) is 6.60. The summed E-state index contributed by atoms with van der Waals surface area (Å²) in [6, 6.07) is 9.42. The molecular weight excluding hydrogens is 424 g/mol. The number of ketones is 1. The number of aliphatic imine (C=N–C) groups is 1. The van der Waals surface area contributed by atoms with E-state index >= 15 is 0 Å². The first-order chi connectivity index (χ1) is 14.4. The van der Waals surface area contributed by atoms with Crippen molar-refractivity contribution >= 4 is 39.8 Å². The maximum Gasteiger partial charge on any atom is 0.192 e. The zero-order valence-corrected chi connectivity index (χ0v) is 17.8. The minimum atomic E-state index is -0.640. The normalized spacial score (nSPS) is 17.3. The molecule has 0 saturated carbocycles. The number of hydrogen-bond donors (Lipinski definition) is 2. The zero-order valence-electron chi connectivity index (χ0n) is 16.3. The van der Waals surface area contributed by atoms with Gasteiger partial charge in [0.1, 0.15) is 16.8 Å². The number of hydrogen-bond acceptors (Lipinski definition) is 4. The molecule has 3 rings (SSSR count). The lowest BCUT2D eigenvalue weighted by atomic mass is 10.1. The van der Waals surface area contributed by atoms with E-state index in [0.29, 0.717) is 5.82 Å². The molecule has 4 nitrogen and oxygen atoms in total. The number of nitrogens with one attached hydrogen (secondary N) is 2. The molecule has 7 heteroatoms. The Morgan fingerprint density at radius 2 is 1.87 bits per heavy atom. The summed E-state index contributed by atoms with van der Waals surface area (Å²) >= 11 is 11.8. The van der Waals surface area contributed by atoms with Gasteiger partial charge in [-0.25, -0.2) is 9.38 Å². The summed E-state index contributed by atoms with van der Waals surface area (Å²) in [5.74, 6) is -0.631. The number of carbonyl (C=O) groups excluding carboxylic acids is 1. The number of rotatable bonds is 6. The van der Waals surface area contributed by atoms with E-state index < -0.39 is 11.6 Å². The van der Waals surface area contributed by atoms with Gasteiger partial charge in [-0.15, -0.1) is 0 Å². The van der Waals surface area contributed by atoms with E-state index in [2.05, 4.69) is 21.7 Å². The van der Waals surface area contributed by atoms with Gasteiger partial charge in [-0.1, -0.05) is 65.7 Å². The molecular formula is C23H20Cl2FN3O. The molecule has 0 fully saturated rings. The maximum atomic E-state index is 13.8. The smallest absolute Gasteiger partial charge is 0.192 e. The minimum absolute atomic E-state index is 0.0821. The van der Waals surface area contributed by atoms with Gasteiger partial charge in [0.25, 0.3) is 0 Å². The molecule has 30 heavy (non-hydrogen) atoms. The first-order valence-electron chi connectivity index (χ1n) is 9.32. The zero-order chi connectivity index (χ0) is 21.5. The van der Waals surface area contributed by atoms with Gasteiger partial charge in [-0.3, -0.25) is 4.79 Å². The predicted molar refractivity (Wildman–Crippen MR) is 122 cm³/mol. The van der Waals surface area contributed by atoms with Crippen LogP contribution in [0.2, 0.25) is 0 Å². The van der Waals surface area contributed by atoms with Crippen LogP contribution in [0.5, 0.6) is 0 Å². The number of halogens is 3. The van der Waals surface area contributed by atoms with Crippen molar-refractivity contribution in [2.24, 2.45) is 4.99 Å². The Morgan fingerprint density at radius 3 is 2.63 bits per heavy atom. The summed E-state index contributed by atoms with van der Waals surface area (Å²) < 4.78 is 13.8. The molecule has 0 unspecified atom stereocenters. The fraction of sp³-hybridized carbons (Fsp3) is 0.130. The number of para-hydroxylation sites is 1. The second-order valence-corrected chi connectivity index (χ2v) is 7.31. The van der Waals surface area contributed by atoms with Gasteiger partial charge in [0.05, 0.1) is 5.57 Å². The van der Waals surface area contributed by atoms with Crippen LogP contribution in [0.15, 0.2) is 105 Å². The number of carbonyl (C=O) groups is 1. The molecule has 0 amide bonds. The number of allylic oxidation sites excluding steroid dienone is 9. The van der Waals surface area contributed by atoms with Gasteiger partial charge in [0.15, 0.2) is 10.9 Å². The van der Waals surface area contributed by atoms with Gasteiger partial charge in [0.2, 0.25) is 0 Å². The molecule has 154 valence electrons.